The van der Waals surface area contributed by atoms with Crippen molar-refractivity contribution in [3.8, 4) is 0 Å². The fourth-order valence-electron chi connectivity index (χ4n) is 2.31. The molecule has 1 amide bonds. The molecule has 0 bridgehead atoms. The minimum absolute atomic E-state index is 0.240. The monoisotopic (exact) mass is 375 g/mol. The Hall–Kier alpha value is -2.38. The average Bonchev–Trinajstić information content (AvgIpc) is 2.54. The molecule has 0 heterocycles. The Morgan fingerprint density at radius 3 is 2.27 bits per heavy atom. The van der Waals surface area contributed by atoms with Crippen molar-refractivity contribution in [2.24, 2.45) is 5.73 Å². The molecule has 0 saturated heterocycles. The third kappa shape index (κ3) is 5.31. The third-order valence-corrected chi connectivity index (χ3v) is 5.26. The molecular formula is C19H25N3O3S. The number of aryl methyl sites for hydroxylation is 2. The second-order valence-electron chi connectivity index (χ2n) is 7.12. The van der Waals surface area contributed by atoms with E-state index in [4.69, 9.17) is 5.73 Å². The van der Waals surface area contributed by atoms with E-state index in [0.717, 1.165) is 5.56 Å². The van der Waals surface area contributed by atoms with Crippen molar-refractivity contribution in [2.75, 3.05) is 11.3 Å². The summed E-state index contributed by atoms with van der Waals surface area (Å²) in [6.07, 6.45) is 0. The Morgan fingerprint density at radius 2 is 1.69 bits per heavy atom. The fourth-order valence-corrected chi connectivity index (χ4v) is 3.70. The van der Waals surface area contributed by atoms with E-state index in [0.29, 0.717) is 23.4 Å². The second-order valence-corrected chi connectivity index (χ2v) is 8.77. The molecule has 6 nitrogen and oxygen atoms in total. The molecule has 2 aromatic carbocycles. The van der Waals surface area contributed by atoms with Gasteiger partial charge in [0.1, 0.15) is 0 Å². The number of hydrogen-bond acceptors (Lipinski definition) is 4. The molecule has 0 spiro atoms. The van der Waals surface area contributed by atoms with E-state index in [2.05, 4.69) is 10.0 Å². The first-order valence-corrected chi connectivity index (χ1v) is 9.73. The first-order valence-electron chi connectivity index (χ1n) is 8.25. The maximum absolute atomic E-state index is 12.6. The Bertz CT molecular complexity index is 899. The standard InChI is InChI=1S/C19H25N3O3S/c1-13-5-6-14(2)17(11-13)26(24,25)22-16-9-7-15(8-10-16)18(23)21-12-19(3,4)20/h5-11,22H,12,20H2,1-4H3,(H,21,23). The van der Waals surface area contributed by atoms with Gasteiger partial charge >= 0.3 is 0 Å². The minimum atomic E-state index is -3.70. The van der Waals surface area contributed by atoms with Crippen LogP contribution in [0.25, 0.3) is 0 Å². The maximum atomic E-state index is 12.6. The summed E-state index contributed by atoms with van der Waals surface area (Å²) in [5.74, 6) is -0.257. The van der Waals surface area contributed by atoms with Gasteiger partial charge in [-0.2, -0.15) is 0 Å². The zero-order chi connectivity index (χ0) is 19.5. The number of sulfonamides is 1. The summed E-state index contributed by atoms with van der Waals surface area (Å²) in [7, 11) is -3.70. The summed E-state index contributed by atoms with van der Waals surface area (Å²) in [4.78, 5) is 12.3. The SMILES string of the molecule is Cc1ccc(C)c(S(=O)(=O)Nc2ccc(C(=O)NCC(C)(C)N)cc2)c1. The predicted molar refractivity (Wildman–Crippen MR) is 104 cm³/mol. The van der Waals surface area contributed by atoms with Crippen LogP contribution in [0.3, 0.4) is 0 Å². The lowest BCUT2D eigenvalue weighted by Gasteiger charge is -2.19. The summed E-state index contributed by atoms with van der Waals surface area (Å²) in [5, 5.41) is 2.74. The van der Waals surface area contributed by atoms with E-state index in [-0.39, 0.29) is 10.8 Å². The second kappa shape index (κ2) is 7.47. The Balaban J connectivity index is 2.13. The Kier molecular flexibility index (Phi) is 5.73. The van der Waals surface area contributed by atoms with Crippen LogP contribution in [0.4, 0.5) is 5.69 Å². The zero-order valence-electron chi connectivity index (χ0n) is 15.5. The summed E-state index contributed by atoms with van der Waals surface area (Å²) >= 11 is 0. The van der Waals surface area contributed by atoms with Gasteiger partial charge in [-0.1, -0.05) is 12.1 Å². The number of nitrogens with one attached hydrogen (secondary N) is 2. The maximum Gasteiger partial charge on any atom is 0.262 e. The quantitative estimate of drug-likeness (QED) is 0.722. The van der Waals surface area contributed by atoms with Crippen LogP contribution >= 0.6 is 0 Å². The van der Waals surface area contributed by atoms with E-state index in [1.165, 1.54) is 0 Å². The van der Waals surface area contributed by atoms with Gasteiger partial charge in [0, 0.05) is 23.3 Å². The van der Waals surface area contributed by atoms with Gasteiger partial charge in [0.15, 0.2) is 0 Å². The van der Waals surface area contributed by atoms with E-state index < -0.39 is 15.6 Å². The number of hydrogen-bond donors (Lipinski definition) is 3. The van der Waals surface area contributed by atoms with Crippen molar-refractivity contribution in [3.05, 3.63) is 59.2 Å². The van der Waals surface area contributed by atoms with Crippen LogP contribution in [0.15, 0.2) is 47.4 Å². The molecule has 0 aliphatic rings. The van der Waals surface area contributed by atoms with Crippen molar-refractivity contribution in [3.63, 3.8) is 0 Å². The lowest BCUT2D eigenvalue weighted by Crippen LogP contribution is -2.45. The van der Waals surface area contributed by atoms with Crippen LogP contribution in [-0.4, -0.2) is 26.4 Å². The highest BCUT2D eigenvalue weighted by molar-refractivity contribution is 7.92. The largest absolute Gasteiger partial charge is 0.350 e. The number of rotatable bonds is 6. The highest BCUT2D eigenvalue weighted by Gasteiger charge is 2.18. The molecule has 0 atom stereocenters. The van der Waals surface area contributed by atoms with Crippen molar-refractivity contribution in [1.82, 2.24) is 5.32 Å². The lowest BCUT2D eigenvalue weighted by molar-refractivity contribution is 0.0946. The molecule has 0 aliphatic carbocycles. The normalized spacial score (nSPS) is 11.9. The smallest absolute Gasteiger partial charge is 0.262 e. The zero-order valence-corrected chi connectivity index (χ0v) is 16.3. The van der Waals surface area contributed by atoms with Crippen LogP contribution in [0.2, 0.25) is 0 Å². The number of benzene rings is 2. The molecule has 0 saturated carbocycles. The van der Waals surface area contributed by atoms with Crippen LogP contribution in [0, 0.1) is 13.8 Å². The minimum Gasteiger partial charge on any atom is -0.350 e. The summed E-state index contributed by atoms with van der Waals surface area (Å²) in [5.41, 5.74) is 7.70. The average molecular weight is 375 g/mol. The Labute approximate surface area is 154 Å². The summed E-state index contributed by atoms with van der Waals surface area (Å²) in [6, 6.07) is 11.5. The van der Waals surface area contributed by atoms with E-state index >= 15 is 0 Å². The molecule has 0 aliphatic heterocycles. The molecule has 0 aromatic heterocycles. The molecule has 2 rings (SSSR count). The van der Waals surface area contributed by atoms with Gasteiger partial charge in [-0.3, -0.25) is 9.52 Å². The highest BCUT2D eigenvalue weighted by atomic mass is 32.2. The molecule has 140 valence electrons. The highest BCUT2D eigenvalue weighted by Crippen LogP contribution is 2.21. The van der Waals surface area contributed by atoms with E-state index in [1.54, 1.807) is 43.3 Å². The molecule has 0 radical (unpaired) electrons. The van der Waals surface area contributed by atoms with Gasteiger partial charge in [-0.25, -0.2) is 8.42 Å². The number of anilines is 1. The molecule has 0 unspecified atom stereocenters. The van der Waals surface area contributed by atoms with Gasteiger partial charge in [0.25, 0.3) is 15.9 Å². The number of nitrogens with two attached hydrogens (primary N) is 1. The molecule has 26 heavy (non-hydrogen) atoms. The van der Waals surface area contributed by atoms with Crippen LogP contribution < -0.4 is 15.8 Å². The topological polar surface area (TPSA) is 101 Å². The van der Waals surface area contributed by atoms with Crippen LogP contribution in [-0.2, 0) is 10.0 Å². The van der Waals surface area contributed by atoms with Gasteiger partial charge in [-0.15, -0.1) is 0 Å². The Morgan fingerprint density at radius 1 is 1.08 bits per heavy atom. The first-order chi connectivity index (χ1) is 12.0. The first kappa shape index (κ1) is 19.9. The van der Waals surface area contributed by atoms with Crippen molar-refractivity contribution in [1.29, 1.82) is 0 Å². The van der Waals surface area contributed by atoms with Crippen molar-refractivity contribution in [2.45, 2.75) is 38.1 Å². The van der Waals surface area contributed by atoms with E-state index in [1.807, 2.05) is 26.8 Å². The van der Waals surface area contributed by atoms with E-state index in [9.17, 15) is 13.2 Å². The van der Waals surface area contributed by atoms with Gasteiger partial charge < -0.3 is 11.1 Å². The number of amides is 1. The van der Waals surface area contributed by atoms with Gasteiger partial charge in [-0.05, 0) is 69.2 Å². The van der Waals surface area contributed by atoms with Crippen molar-refractivity contribution >= 4 is 21.6 Å². The molecule has 4 N–H and O–H groups in total. The summed E-state index contributed by atoms with van der Waals surface area (Å²) < 4.78 is 27.7. The fraction of sp³-hybridized carbons (Fsp3) is 0.316. The lowest BCUT2D eigenvalue weighted by atomic mass is 10.1. The van der Waals surface area contributed by atoms with Crippen LogP contribution in [0.5, 0.6) is 0 Å². The molecule has 2 aromatic rings. The van der Waals surface area contributed by atoms with Crippen molar-refractivity contribution < 1.29 is 13.2 Å². The molecule has 0 fully saturated rings. The number of carbonyl (C=O) groups is 1. The van der Waals surface area contributed by atoms with Gasteiger partial charge in [0.2, 0.25) is 0 Å². The van der Waals surface area contributed by atoms with Gasteiger partial charge in [0.05, 0.1) is 4.90 Å². The number of carbonyl (C=O) groups excluding carboxylic acids is 1. The predicted octanol–water partition coefficient (Wildman–Crippen LogP) is 2.57. The molecular weight excluding hydrogens is 350 g/mol. The summed E-state index contributed by atoms with van der Waals surface area (Å²) in [6.45, 7) is 7.57. The molecule has 7 heteroatoms. The van der Waals surface area contributed by atoms with Crippen LogP contribution in [0.1, 0.15) is 35.3 Å². The third-order valence-electron chi connectivity index (χ3n) is 3.74.